The molecule has 0 radical (unpaired) electrons. The predicted octanol–water partition coefficient (Wildman–Crippen LogP) is 16.1. The van der Waals surface area contributed by atoms with Crippen molar-refractivity contribution in [3.05, 3.63) is 0 Å². The smallest absolute Gasteiger partial charge is 0.462 e. The van der Waals surface area contributed by atoms with Crippen molar-refractivity contribution in [3.8, 4) is 0 Å². The molecule has 0 heterocycles. The highest BCUT2D eigenvalue weighted by Gasteiger charge is 2.30. The number of rotatable bonds is 59. The van der Waals surface area contributed by atoms with E-state index in [1.807, 2.05) is 0 Å². The SMILES string of the molecule is CCCCCCCCCCCC(=O)OC[C@H](COP(=O)(O)OC[C@H](O)COP(=O)(O)OC[C@@H](COC(=O)CCCCCCCCC(C)C)OC(=O)CCCCCCCCCCC(C)CC)OC(=O)CCCCCCCCCCC. The Bertz CT molecular complexity index is 1570. The highest BCUT2D eigenvalue weighted by atomic mass is 31.2. The van der Waals surface area contributed by atoms with E-state index in [-0.39, 0.29) is 25.7 Å². The molecule has 17 nitrogen and oxygen atoms in total. The van der Waals surface area contributed by atoms with Crippen LogP contribution in [0.15, 0.2) is 0 Å². The van der Waals surface area contributed by atoms with Crippen LogP contribution in [0, 0.1) is 11.8 Å². The molecule has 79 heavy (non-hydrogen) atoms. The zero-order valence-electron chi connectivity index (χ0n) is 50.7. The van der Waals surface area contributed by atoms with Crippen molar-refractivity contribution in [2.75, 3.05) is 39.6 Å². The van der Waals surface area contributed by atoms with Crippen LogP contribution in [-0.4, -0.2) is 96.7 Å². The van der Waals surface area contributed by atoms with Crippen molar-refractivity contribution >= 4 is 39.5 Å². The molecule has 0 bridgehead atoms. The number of carbonyl (C=O) groups excluding carboxylic acids is 4. The largest absolute Gasteiger partial charge is 0.472 e. The van der Waals surface area contributed by atoms with Gasteiger partial charge in [0.25, 0.3) is 0 Å². The summed E-state index contributed by atoms with van der Waals surface area (Å²) in [6.07, 6.45) is 33.5. The molecule has 0 rings (SSSR count). The lowest BCUT2D eigenvalue weighted by Crippen LogP contribution is -2.30. The van der Waals surface area contributed by atoms with Gasteiger partial charge in [0.15, 0.2) is 12.2 Å². The van der Waals surface area contributed by atoms with Gasteiger partial charge in [-0.1, -0.05) is 241 Å². The van der Waals surface area contributed by atoms with E-state index < -0.39 is 97.5 Å². The normalized spacial score (nSPS) is 14.8. The molecule has 0 saturated carbocycles. The minimum Gasteiger partial charge on any atom is -0.462 e. The van der Waals surface area contributed by atoms with E-state index in [0.717, 1.165) is 102 Å². The maximum Gasteiger partial charge on any atom is 0.472 e. The van der Waals surface area contributed by atoms with E-state index in [4.69, 9.17) is 37.0 Å². The van der Waals surface area contributed by atoms with Crippen LogP contribution < -0.4 is 0 Å². The summed E-state index contributed by atoms with van der Waals surface area (Å²) in [7, 11) is -9.87. The van der Waals surface area contributed by atoms with Crippen LogP contribution in [0.5, 0.6) is 0 Å². The van der Waals surface area contributed by atoms with E-state index in [1.54, 1.807) is 0 Å². The van der Waals surface area contributed by atoms with Gasteiger partial charge >= 0.3 is 39.5 Å². The van der Waals surface area contributed by atoms with E-state index in [9.17, 15) is 43.2 Å². The van der Waals surface area contributed by atoms with E-state index in [0.29, 0.717) is 31.6 Å². The van der Waals surface area contributed by atoms with Crippen molar-refractivity contribution in [1.82, 2.24) is 0 Å². The van der Waals surface area contributed by atoms with Crippen LogP contribution in [0.3, 0.4) is 0 Å². The van der Waals surface area contributed by atoms with E-state index >= 15 is 0 Å². The standard InChI is InChI=1S/C60H116O17P2/c1-7-10-12-14-16-18-23-30-36-42-57(62)70-48-55(76-59(64)44-38-32-24-19-17-15-13-11-8-2)50-74-78(66,67)72-46-54(61)47-73-79(68,69)75-51-56(49-71-58(63)43-37-31-27-26-28-34-40-52(4)5)77-60(65)45-39-33-25-21-20-22-29-35-41-53(6)9-3/h52-56,61H,7-51H2,1-6H3,(H,66,67)(H,68,69)/t53?,54-,55+,56+/m0/s1. The fourth-order valence-corrected chi connectivity index (χ4v) is 10.4. The summed E-state index contributed by atoms with van der Waals surface area (Å²) in [5.74, 6) is -0.695. The van der Waals surface area contributed by atoms with Gasteiger partial charge in [0.05, 0.1) is 26.4 Å². The van der Waals surface area contributed by atoms with E-state index in [1.165, 1.54) is 103 Å². The zero-order chi connectivity index (χ0) is 58.7. The Kier molecular flexibility index (Phi) is 51.5. The third-order valence-electron chi connectivity index (χ3n) is 14.1. The Morgan fingerprint density at radius 2 is 0.646 bits per heavy atom. The fourth-order valence-electron chi connectivity index (χ4n) is 8.79. The quantitative estimate of drug-likeness (QED) is 0.0222. The molecule has 0 saturated heterocycles. The van der Waals surface area contributed by atoms with Crippen LogP contribution in [0.2, 0.25) is 0 Å². The third kappa shape index (κ3) is 53.8. The van der Waals surface area contributed by atoms with Crippen LogP contribution >= 0.6 is 15.6 Å². The average molecular weight is 1170 g/mol. The molecule has 0 aliphatic heterocycles. The number of ether oxygens (including phenoxy) is 4. The maximum atomic E-state index is 12.9. The lowest BCUT2D eigenvalue weighted by atomic mass is 9.99. The van der Waals surface area contributed by atoms with Gasteiger partial charge in [-0.15, -0.1) is 0 Å². The van der Waals surface area contributed by atoms with Crippen molar-refractivity contribution in [2.45, 2.75) is 310 Å². The molecule has 0 aromatic carbocycles. The molecule has 3 unspecified atom stereocenters. The Hall–Kier alpha value is -1.94. The second-order valence-corrected chi connectivity index (χ2v) is 25.4. The molecule has 468 valence electrons. The van der Waals surface area contributed by atoms with Gasteiger partial charge in [-0.05, 0) is 37.5 Å². The van der Waals surface area contributed by atoms with Gasteiger partial charge in [0.2, 0.25) is 0 Å². The zero-order valence-corrected chi connectivity index (χ0v) is 52.4. The fraction of sp³-hybridized carbons (Fsp3) is 0.933. The molecule has 0 aromatic rings. The number of hydrogen-bond donors (Lipinski definition) is 3. The Labute approximate surface area is 479 Å². The molecular formula is C60H116O17P2. The van der Waals surface area contributed by atoms with Crippen molar-refractivity contribution in [3.63, 3.8) is 0 Å². The van der Waals surface area contributed by atoms with Gasteiger partial charge in [0.1, 0.15) is 19.3 Å². The first-order valence-corrected chi connectivity index (χ1v) is 34.5. The topological polar surface area (TPSA) is 237 Å². The number of carbonyl (C=O) groups is 4. The minimum absolute atomic E-state index is 0.104. The summed E-state index contributed by atoms with van der Waals surface area (Å²) in [5.41, 5.74) is 0. The van der Waals surface area contributed by atoms with Gasteiger partial charge in [-0.3, -0.25) is 37.3 Å². The number of hydrogen-bond acceptors (Lipinski definition) is 15. The van der Waals surface area contributed by atoms with Crippen molar-refractivity contribution in [2.24, 2.45) is 11.8 Å². The predicted molar refractivity (Wildman–Crippen MR) is 312 cm³/mol. The second kappa shape index (κ2) is 52.8. The van der Waals surface area contributed by atoms with E-state index in [2.05, 4.69) is 41.5 Å². The van der Waals surface area contributed by atoms with Crippen molar-refractivity contribution < 1.29 is 80.2 Å². The highest BCUT2D eigenvalue weighted by Crippen LogP contribution is 2.45. The minimum atomic E-state index is -4.94. The molecule has 0 spiro atoms. The summed E-state index contributed by atoms with van der Waals surface area (Å²) in [6, 6.07) is 0. The maximum absolute atomic E-state index is 12.9. The third-order valence-corrected chi connectivity index (χ3v) is 16.0. The summed E-state index contributed by atoms with van der Waals surface area (Å²) < 4.78 is 67.7. The summed E-state index contributed by atoms with van der Waals surface area (Å²) >= 11 is 0. The number of phosphoric ester groups is 2. The Morgan fingerprint density at radius 3 is 0.962 bits per heavy atom. The van der Waals surface area contributed by atoms with Gasteiger partial charge < -0.3 is 33.8 Å². The summed E-state index contributed by atoms with van der Waals surface area (Å²) in [6.45, 7) is 9.34. The van der Waals surface area contributed by atoms with Gasteiger partial charge in [-0.25, -0.2) is 9.13 Å². The number of aliphatic hydroxyl groups is 1. The van der Waals surface area contributed by atoms with Crippen molar-refractivity contribution in [1.29, 1.82) is 0 Å². The highest BCUT2D eigenvalue weighted by molar-refractivity contribution is 7.47. The number of esters is 4. The Balaban J connectivity index is 5.23. The van der Waals surface area contributed by atoms with Gasteiger partial charge in [-0.2, -0.15) is 0 Å². The Morgan fingerprint density at radius 1 is 0.367 bits per heavy atom. The van der Waals surface area contributed by atoms with Crippen LogP contribution in [0.1, 0.15) is 292 Å². The first-order valence-electron chi connectivity index (χ1n) is 31.5. The molecule has 6 atom stereocenters. The van der Waals surface area contributed by atoms with Crippen LogP contribution in [-0.2, 0) is 65.4 Å². The van der Waals surface area contributed by atoms with Gasteiger partial charge in [0, 0.05) is 25.7 Å². The molecule has 0 aromatic heterocycles. The lowest BCUT2D eigenvalue weighted by molar-refractivity contribution is -0.161. The molecule has 19 heteroatoms. The molecule has 0 fully saturated rings. The number of phosphoric acid groups is 2. The molecule has 0 aliphatic carbocycles. The summed E-state index contributed by atoms with van der Waals surface area (Å²) in [5, 5.41) is 10.5. The average Bonchev–Trinajstić information content (AvgIpc) is 3.41. The molecule has 0 amide bonds. The first kappa shape index (κ1) is 77.1. The first-order chi connectivity index (χ1) is 37.9. The second-order valence-electron chi connectivity index (χ2n) is 22.5. The monoisotopic (exact) mass is 1170 g/mol. The van der Waals surface area contributed by atoms with Crippen LogP contribution in [0.4, 0.5) is 0 Å². The molecule has 0 aliphatic rings. The molecular weight excluding hydrogens is 1050 g/mol. The number of unbranched alkanes of at least 4 members (excludes halogenated alkanes) is 28. The summed E-state index contributed by atoms with van der Waals surface area (Å²) in [4.78, 5) is 71.9. The lowest BCUT2D eigenvalue weighted by Gasteiger charge is -2.21. The van der Waals surface area contributed by atoms with Crippen LogP contribution in [0.25, 0.3) is 0 Å². The number of aliphatic hydroxyl groups excluding tert-OH is 1. The molecule has 3 N–H and O–H groups in total.